The number of rotatable bonds is 4. The molecule has 1 aliphatic heterocycles. The molecule has 0 spiro atoms. The van der Waals surface area contributed by atoms with Gasteiger partial charge in [-0.1, -0.05) is 12.1 Å². The molecule has 1 aliphatic rings. The summed E-state index contributed by atoms with van der Waals surface area (Å²) in [5.74, 6) is 0. The zero-order chi connectivity index (χ0) is 13.8. The third kappa shape index (κ3) is 3.29. The highest BCUT2D eigenvalue weighted by Crippen LogP contribution is 2.19. The van der Waals surface area contributed by atoms with Crippen molar-refractivity contribution in [3.8, 4) is 0 Å². The fourth-order valence-electron chi connectivity index (χ4n) is 2.57. The first-order valence-electron chi connectivity index (χ1n) is 7.02. The predicted octanol–water partition coefficient (Wildman–Crippen LogP) is 2.09. The average molecular weight is 288 g/mol. The summed E-state index contributed by atoms with van der Waals surface area (Å²) in [6, 6.07) is 8.20. The van der Waals surface area contributed by atoms with Crippen molar-refractivity contribution in [2.45, 2.75) is 6.42 Å². The van der Waals surface area contributed by atoms with E-state index in [1.165, 1.54) is 5.56 Å². The number of thiazole rings is 1. The molecule has 5 heteroatoms. The summed E-state index contributed by atoms with van der Waals surface area (Å²) in [5.41, 5.74) is 8.00. The third-order valence-corrected chi connectivity index (χ3v) is 4.56. The van der Waals surface area contributed by atoms with Crippen LogP contribution >= 0.6 is 11.3 Å². The lowest BCUT2D eigenvalue weighted by molar-refractivity contribution is 0.261. The van der Waals surface area contributed by atoms with E-state index in [0.29, 0.717) is 0 Å². The molecule has 4 nitrogen and oxygen atoms in total. The van der Waals surface area contributed by atoms with Crippen LogP contribution < -0.4 is 10.6 Å². The van der Waals surface area contributed by atoms with Crippen molar-refractivity contribution < 1.29 is 0 Å². The highest BCUT2D eigenvalue weighted by atomic mass is 32.1. The zero-order valence-corrected chi connectivity index (χ0v) is 12.4. The van der Waals surface area contributed by atoms with Crippen molar-refractivity contribution in [3.63, 3.8) is 0 Å². The molecule has 1 saturated heterocycles. The number of hydrogen-bond donors (Lipinski definition) is 1. The topological polar surface area (TPSA) is 45.4 Å². The Morgan fingerprint density at radius 2 is 2.05 bits per heavy atom. The van der Waals surface area contributed by atoms with Crippen LogP contribution in [0, 0.1) is 0 Å². The molecule has 0 atom stereocenters. The molecule has 20 heavy (non-hydrogen) atoms. The maximum absolute atomic E-state index is 5.81. The minimum atomic E-state index is 0.857. The second-order valence-corrected chi connectivity index (χ2v) is 6.01. The molecule has 2 heterocycles. The molecule has 0 unspecified atom stereocenters. The van der Waals surface area contributed by atoms with E-state index in [0.717, 1.165) is 50.0 Å². The maximum Gasteiger partial charge on any atom is 0.185 e. The SMILES string of the molecule is Nc1cccc(CCN2CCN(c3nccs3)CC2)c1. The van der Waals surface area contributed by atoms with E-state index in [4.69, 9.17) is 5.73 Å². The van der Waals surface area contributed by atoms with Crippen molar-refractivity contribution in [2.24, 2.45) is 0 Å². The van der Waals surface area contributed by atoms with Crippen LogP contribution in [0.3, 0.4) is 0 Å². The average Bonchev–Trinajstić information content (AvgIpc) is 3.00. The highest BCUT2D eigenvalue weighted by Gasteiger charge is 2.18. The monoisotopic (exact) mass is 288 g/mol. The number of nitrogens with zero attached hydrogens (tertiary/aromatic N) is 3. The quantitative estimate of drug-likeness (QED) is 0.875. The summed E-state index contributed by atoms with van der Waals surface area (Å²) in [7, 11) is 0. The lowest BCUT2D eigenvalue weighted by Gasteiger charge is -2.34. The molecule has 0 amide bonds. The van der Waals surface area contributed by atoms with Gasteiger partial charge in [0.25, 0.3) is 0 Å². The van der Waals surface area contributed by atoms with Gasteiger partial charge in [-0.2, -0.15) is 0 Å². The molecule has 2 aromatic rings. The molecule has 0 bridgehead atoms. The Morgan fingerprint density at radius 3 is 2.75 bits per heavy atom. The molecule has 1 aromatic carbocycles. The number of aromatic nitrogens is 1. The summed E-state index contributed by atoms with van der Waals surface area (Å²) in [6.07, 6.45) is 2.95. The van der Waals surface area contributed by atoms with Crippen LogP contribution in [0.15, 0.2) is 35.8 Å². The number of hydrogen-bond acceptors (Lipinski definition) is 5. The molecular weight excluding hydrogens is 268 g/mol. The number of benzene rings is 1. The number of anilines is 2. The van der Waals surface area contributed by atoms with Crippen LogP contribution in [0.5, 0.6) is 0 Å². The Hall–Kier alpha value is -1.59. The van der Waals surface area contributed by atoms with Gasteiger partial charge in [0.1, 0.15) is 0 Å². The van der Waals surface area contributed by atoms with Gasteiger partial charge < -0.3 is 10.6 Å². The molecule has 0 saturated carbocycles. The van der Waals surface area contributed by atoms with E-state index < -0.39 is 0 Å². The largest absolute Gasteiger partial charge is 0.399 e. The lowest BCUT2D eigenvalue weighted by atomic mass is 10.1. The van der Waals surface area contributed by atoms with E-state index in [2.05, 4.69) is 26.9 Å². The number of piperazine rings is 1. The fourth-order valence-corrected chi connectivity index (χ4v) is 3.27. The summed E-state index contributed by atoms with van der Waals surface area (Å²) in [6.45, 7) is 5.48. The third-order valence-electron chi connectivity index (χ3n) is 3.73. The summed E-state index contributed by atoms with van der Waals surface area (Å²) >= 11 is 1.72. The maximum atomic E-state index is 5.81. The van der Waals surface area contributed by atoms with Crippen molar-refractivity contribution in [1.29, 1.82) is 0 Å². The van der Waals surface area contributed by atoms with Gasteiger partial charge in [0.2, 0.25) is 0 Å². The Balaban J connectivity index is 1.47. The number of nitrogen functional groups attached to an aromatic ring is 1. The van der Waals surface area contributed by atoms with E-state index in [1.807, 2.05) is 23.7 Å². The van der Waals surface area contributed by atoms with Crippen molar-refractivity contribution in [2.75, 3.05) is 43.4 Å². The summed E-state index contributed by atoms with van der Waals surface area (Å²) < 4.78 is 0. The molecule has 106 valence electrons. The molecule has 2 N–H and O–H groups in total. The van der Waals surface area contributed by atoms with Crippen LogP contribution in [0.4, 0.5) is 10.8 Å². The molecular formula is C15H20N4S. The van der Waals surface area contributed by atoms with Gasteiger partial charge in [0.15, 0.2) is 5.13 Å². The lowest BCUT2D eigenvalue weighted by Crippen LogP contribution is -2.46. The van der Waals surface area contributed by atoms with Gasteiger partial charge in [-0.15, -0.1) is 11.3 Å². The van der Waals surface area contributed by atoms with E-state index in [-0.39, 0.29) is 0 Å². The van der Waals surface area contributed by atoms with Crippen molar-refractivity contribution >= 4 is 22.2 Å². The second kappa shape index (κ2) is 6.24. The van der Waals surface area contributed by atoms with Crippen LogP contribution in [0.2, 0.25) is 0 Å². The predicted molar refractivity (Wildman–Crippen MR) is 85.3 cm³/mol. The highest BCUT2D eigenvalue weighted by molar-refractivity contribution is 7.13. The van der Waals surface area contributed by atoms with Gasteiger partial charge in [0.05, 0.1) is 0 Å². The Labute approximate surface area is 123 Å². The Morgan fingerprint density at radius 1 is 1.20 bits per heavy atom. The van der Waals surface area contributed by atoms with Crippen LogP contribution in [0.25, 0.3) is 0 Å². The number of nitrogens with two attached hydrogens (primary N) is 1. The minimum absolute atomic E-state index is 0.857. The summed E-state index contributed by atoms with van der Waals surface area (Å²) in [4.78, 5) is 9.28. The van der Waals surface area contributed by atoms with E-state index >= 15 is 0 Å². The summed E-state index contributed by atoms with van der Waals surface area (Å²) in [5, 5.41) is 3.20. The van der Waals surface area contributed by atoms with Crippen LogP contribution in [0.1, 0.15) is 5.56 Å². The molecule has 1 aromatic heterocycles. The van der Waals surface area contributed by atoms with Gasteiger partial charge in [-0.25, -0.2) is 4.98 Å². The van der Waals surface area contributed by atoms with Gasteiger partial charge >= 0.3 is 0 Å². The smallest absolute Gasteiger partial charge is 0.185 e. The van der Waals surface area contributed by atoms with Crippen molar-refractivity contribution in [3.05, 3.63) is 41.4 Å². The zero-order valence-electron chi connectivity index (χ0n) is 11.5. The Kier molecular flexibility index (Phi) is 4.18. The molecule has 1 fully saturated rings. The van der Waals surface area contributed by atoms with Gasteiger partial charge in [0, 0.05) is 50.0 Å². The minimum Gasteiger partial charge on any atom is -0.399 e. The molecule has 0 radical (unpaired) electrons. The van der Waals surface area contributed by atoms with Crippen LogP contribution in [-0.2, 0) is 6.42 Å². The fraction of sp³-hybridized carbons (Fsp3) is 0.400. The molecule has 0 aliphatic carbocycles. The first-order valence-corrected chi connectivity index (χ1v) is 7.90. The molecule has 3 rings (SSSR count). The van der Waals surface area contributed by atoms with E-state index in [1.54, 1.807) is 11.3 Å². The van der Waals surface area contributed by atoms with Gasteiger partial charge in [-0.3, -0.25) is 4.90 Å². The standard InChI is InChI=1S/C15H20N4S/c16-14-3-1-2-13(12-14)4-6-18-7-9-19(10-8-18)15-17-5-11-20-15/h1-3,5,11-12H,4,6-10,16H2. The van der Waals surface area contributed by atoms with Crippen LogP contribution in [-0.4, -0.2) is 42.6 Å². The first-order chi connectivity index (χ1) is 9.81. The van der Waals surface area contributed by atoms with E-state index in [9.17, 15) is 0 Å². The normalized spacial score (nSPS) is 16.5. The second-order valence-electron chi connectivity index (χ2n) is 5.14. The van der Waals surface area contributed by atoms with Crippen molar-refractivity contribution in [1.82, 2.24) is 9.88 Å². The Bertz CT molecular complexity index is 533. The van der Waals surface area contributed by atoms with Gasteiger partial charge in [-0.05, 0) is 24.1 Å². The first kappa shape index (κ1) is 13.4.